The third-order valence-electron chi connectivity index (χ3n) is 10.3. The summed E-state index contributed by atoms with van der Waals surface area (Å²) in [6, 6.07) is 9.40. The Balaban J connectivity index is 1.56. The molecule has 39 heavy (non-hydrogen) atoms. The van der Waals surface area contributed by atoms with Gasteiger partial charge in [0.1, 0.15) is 40.5 Å². The van der Waals surface area contributed by atoms with E-state index in [2.05, 4.69) is 5.32 Å². The molecule has 12 atom stereocenters. The summed E-state index contributed by atoms with van der Waals surface area (Å²) in [6.07, 6.45) is 0.231. The van der Waals surface area contributed by atoms with E-state index in [1.54, 1.807) is 19.1 Å². The highest BCUT2D eigenvalue weighted by Gasteiger charge is 2.87. The van der Waals surface area contributed by atoms with Gasteiger partial charge in [0.2, 0.25) is 5.91 Å². The van der Waals surface area contributed by atoms with Crippen LogP contribution in [0.4, 0.5) is 0 Å². The lowest BCUT2D eigenvalue weighted by Gasteiger charge is -2.51. The summed E-state index contributed by atoms with van der Waals surface area (Å²) in [7, 11) is 0. The monoisotopic (exact) mass is 539 g/mol. The molecule has 9 nitrogen and oxygen atoms in total. The average molecular weight is 540 g/mol. The standard InChI is InChI=1S/C30H37NO8/c1-15-10-9-13-18-23(34)29(5)28(4,39-29)21-19(14-17-11-7-6-8-12-17)31-26(35)30(18,21)25(37-16(2)32)20-24(38-20)27(3,36)22(15)33/h6-9,11-13,15,18-21,23-25,34,36H,10,14H2,1-5H3,(H,31,35)/b13-9+/t15-,18-,19+,20+,21-,23-,24+,25-,27-,28+,29-,30+/m0/s1. The lowest BCUT2D eigenvalue weighted by atomic mass is 9.49. The minimum Gasteiger partial charge on any atom is -0.458 e. The van der Waals surface area contributed by atoms with Gasteiger partial charge >= 0.3 is 5.97 Å². The molecule has 2 aliphatic carbocycles. The number of amides is 1. The second kappa shape index (κ2) is 8.46. The number of fused-ring (bicyclic) bond motifs is 3. The van der Waals surface area contributed by atoms with Gasteiger partial charge in [0.05, 0.1) is 6.10 Å². The van der Waals surface area contributed by atoms with Gasteiger partial charge in [0, 0.05) is 30.7 Å². The number of aliphatic hydroxyl groups excluding tert-OH is 1. The van der Waals surface area contributed by atoms with Crippen LogP contribution in [-0.4, -0.2) is 75.1 Å². The number of carbonyl (C=O) groups excluding carboxylic acids is 3. The number of hydrogen-bond acceptors (Lipinski definition) is 8. The van der Waals surface area contributed by atoms with E-state index in [1.165, 1.54) is 13.8 Å². The number of allylic oxidation sites excluding steroid dienone is 1. The van der Waals surface area contributed by atoms with E-state index in [-0.39, 0.29) is 11.7 Å². The molecule has 0 bridgehead atoms. The molecule has 0 aromatic heterocycles. The lowest BCUT2D eigenvalue weighted by molar-refractivity contribution is -0.178. The molecule has 4 fully saturated rings. The molecule has 3 N–H and O–H groups in total. The Bertz CT molecular complexity index is 1250. The fraction of sp³-hybridized carbons (Fsp3) is 0.633. The van der Waals surface area contributed by atoms with Crippen LogP contribution in [0.5, 0.6) is 0 Å². The van der Waals surface area contributed by atoms with Crippen LogP contribution in [0, 0.1) is 23.2 Å². The van der Waals surface area contributed by atoms with E-state index in [1.807, 2.05) is 44.2 Å². The largest absolute Gasteiger partial charge is 0.458 e. The highest BCUT2D eigenvalue weighted by Crippen LogP contribution is 2.71. The second-order valence-corrected chi connectivity index (χ2v) is 12.6. The molecule has 210 valence electrons. The predicted molar refractivity (Wildman–Crippen MR) is 138 cm³/mol. The maximum absolute atomic E-state index is 14.4. The van der Waals surface area contributed by atoms with Crippen molar-refractivity contribution < 1.29 is 38.8 Å². The van der Waals surface area contributed by atoms with Crippen LogP contribution in [0.3, 0.4) is 0 Å². The van der Waals surface area contributed by atoms with Crippen LogP contribution in [0.2, 0.25) is 0 Å². The zero-order valence-corrected chi connectivity index (χ0v) is 22.9. The van der Waals surface area contributed by atoms with Crippen LogP contribution in [0.1, 0.15) is 46.6 Å². The van der Waals surface area contributed by atoms with Crippen molar-refractivity contribution >= 4 is 17.7 Å². The minimum absolute atomic E-state index is 0.304. The van der Waals surface area contributed by atoms with Gasteiger partial charge in [-0.25, -0.2) is 0 Å². The number of benzene rings is 1. The summed E-state index contributed by atoms with van der Waals surface area (Å²) in [5.74, 6) is -3.22. The summed E-state index contributed by atoms with van der Waals surface area (Å²) in [6.45, 7) is 8.18. The van der Waals surface area contributed by atoms with E-state index in [9.17, 15) is 24.6 Å². The summed E-state index contributed by atoms with van der Waals surface area (Å²) in [4.78, 5) is 40.2. The maximum atomic E-state index is 14.4. The summed E-state index contributed by atoms with van der Waals surface area (Å²) in [5.41, 5.74) is -4.15. The number of carbonyl (C=O) groups is 3. The third-order valence-corrected chi connectivity index (χ3v) is 10.3. The number of epoxide rings is 2. The van der Waals surface area contributed by atoms with Crippen molar-refractivity contribution in [2.24, 2.45) is 23.2 Å². The third kappa shape index (κ3) is 3.49. The fourth-order valence-corrected chi connectivity index (χ4v) is 8.19. The van der Waals surface area contributed by atoms with Crippen molar-refractivity contribution in [3.8, 4) is 0 Å². The molecule has 6 rings (SSSR count). The molecule has 3 saturated heterocycles. The minimum atomic E-state index is -1.84. The number of esters is 1. The lowest BCUT2D eigenvalue weighted by Crippen LogP contribution is -2.67. The Morgan fingerprint density at radius 3 is 2.51 bits per heavy atom. The fourth-order valence-electron chi connectivity index (χ4n) is 8.19. The van der Waals surface area contributed by atoms with Gasteiger partial charge < -0.3 is 29.7 Å². The topological polar surface area (TPSA) is 138 Å². The van der Waals surface area contributed by atoms with Gasteiger partial charge in [-0.15, -0.1) is 0 Å². The van der Waals surface area contributed by atoms with Gasteiger partial charge in [-0.05, 0) is 39.2 Å². The number of aliphatic hydroxyl groups is 2. The Hall–Kier alpha value is -2.59. The SMILES string of the molecule is CC(=O)O[C@H]1[C@@H]2O[C@H]2[C@@](C)(O)C(=O)[C@@H](C)C/C=C/[C@H]2[C@H](O)[C@]3(C)O[C@]3(C)[C@@H]3[C@@H](Cc4ccccc4)NC(=O)[C@@]321. The number of ether oxygens (including phenoxy) is 3. The molecule has 0 unspecified atom stereocenters. The first-order chi connectivity index (χ1) is 18.3. The Labute approximate surface area is 227 Å². The Morgan fingerprint density at radius 2 is 1.85 bits per heavy atom. The zero-order valence-electron chi connectivity index (χ0n) is 22.9. The highest BCUT2D eigenvalue weighted by atomic mass is 16.7. The van der Waals surface area contributed by atoms with Gasteiger partial charge in [0.25, 0.3) is 0 Å². The number of ketones is 1. The molecule has 9 heteroatoms. The van der Waals surface area contributed by atoms with E-state index in [0.29, 0.717) is 12.8 Å². The van der Waals surface area contributed by atoms with Crippen LogP contribution >= 0.6 is 0 Å². The molecule has 1 aromatic rings. The molecular formula is C30H37NO8. The molecular weight excluding hydrogens is 502 g/mol. The predicted octanol–water partition coefficient (Wildman–Crippen LogP) is 1.48. The maximum Gasteiger partial charge on any atom is 0.303 e. The molecule has 1 spiro atoms. The molecule has 1 amide bonds. The van der Waals surface area contributed by atoms with E-state index in [4.69, 9.17) is 14.2 Å². The first-order valence-corrected chi connectivity index (χ1v) is 13.8. The molecule has 0 radical (unpaired) electrons. The molecule has 5 aliphatic rings. The molecule has 3 aliphatic heterocycles. The quantitative estimate of drug-likeness (QED) is 0.298. The summed E-state index contributed by atoms with van der Waals surface area (Å²) in [5, 5.41) is 26.4. The highest BCUT2D eigenvalue weighted by molar-refractivity contribution is 5.91. The van der Waals surface area contributed by atoms with E-state index in [0.717, 1.165) is 5.56 Å². The number of Topliss-reactive ketones (excluding diaryl/α,β-unsaturated/α-hetero) is 1. The Kier molecular flexibility index (Phi) is 5.77. The van der Waals surface area contributed by atoms with Crippen LogP contribution < -0.4 is 5.32 Å². The van der Waals surface area contributed by atoms with Gasteiger partial charge in [-0.2, -0.15) is 0 Å². The Morgan fingerprint density at radius 1 is 1.15 bits per heavy atom. The second-order valence-electron chi connectivity index (χ2n) is 12.6. The normalized spacial score (nSPS) is 50.7. The molecule has 1 aromatic carbocycles. The van der Waals surface area contributed by atoms with Crippen molar-refractivity contribution in [3.05, 3.63) is 48.0 Å². The van der Waals surface area contributed by atoms with Crippen molar-refractivity contribution in [1.29, 1.82) is 0 Å². The van der Waals surface area contributed by atoms with Crippen LogP contribution in [-0.2, 0) is 35.0 Å². The molecule has 3 heterocycles. The van der Waals surface area contributed by atoms with Gasteiger partial charge in [0.15, 0.2) is 5.78 Å². The van der Waals surface area contributed by atoms with Gasteiger partial charge in [-0.1, -0.05) is 49.4 Å². The van der Waals surface area contributed by atoms with Crippen molar-refractivity contribution in [2.75, 3.05) is 0 Å². The van der Waals surface area contributed by atoms with E-state index < -0.39 is 76.4 Å². The van der Waals surface area contributed by atoms with Crippen molar-refractivity contribution in [1.82, 2.24) is 5.32 Å². The number of hydrogen-bond donors (Lipinski definition) is 3. The first kappa shape index (κ1) is 26.6. The number of rotatable bonds is 3. The average Bonchev–Trinajstić information content (AvgIpc) is 3.75. The van der Waals surface area contributed by atoms with Crippen molar-refractivity contribution in [2.45, 2.75) is 94.7 Å². The van der Waals surface area contributed by atoms with Crippen LogP contribution in [0.15, 0.2) is 42.5 Å². The summed E-state index contributed by atoms with van der Waals surface area (Å²) < 4.78 is 18.3. The van der Waals surface area contributed by atoms with Gasteiger partial charge in [-0.3, -0.25) is 14.4 Å². The first-order valence-electron chi connectivity index (χ1n) is 13.8. The van der Waals surface area contributed by atoms with Crippen molar-refractivity contribution in [3.63, 3.8) is 0 Å². The number of nitrogens with one attached hydrogen (secondary N) is 1. The smallest absolute Gasteiger partial charge is 0.303 e. The van der Waals surface area contributed by atoms with Crippen LogP contribution in [0.25, 0.3) is 0 Å². The summed E-state index contributed by atoms with van der Waals surface area (Å²) >= 11 is 0. The van der Waals surface area contributed by atoms with E-state index >= 15 is 0 Å². The molecule has 1 saturated carbocycles. The zero-order chi connectivity index (χ0) is 28.1.